The van der Waals surface area contributed by atoms with Crippen LogP contribution in [0, 0.1) is 18.3 Å². The molecular weight excluding hydrogens is 186 g/mol. The van der Waals surface area contributed by atoms with Crippen molar-refractivity contribution >= 4 is 5.78 Å². The van der Waals surface area contributed by atoms with Crippen LogP contribution < -0.4 is 5.73 Å². The highest BCUT2D eigenvalue weighted by Crippen LogP contribution is 2.32. The Hall–Kier alpha value is -0.630. The quantitative estimate of drug-likeness (QED) is 0.657. The molecule has 2 heteroatoms. The Labute approximate surface area is 93.9 Å². The molecule has 0 rings (SSSR count). The number of rotatable bonds is 7. The molecule has 0 aliphatic heterocycles. The first-order valence-corrected chi connectivity index (χ1v) is 5.63. The molecule has 0 heterocycles. The summed E-state index contributed by atoms with van der Waals surface area (Å²) in [6, 6.07) is 0. The van der Waals surface area contributed by atoms with Gasteiger partial charge >= 0.3 is 0 Å². The summed E-state index contributed by atoms with van der Waals surface area (Å²) in [6.45, 7) is 13.9. The molecule has 0 aromatic rings. The fourth-order valence-electron chi connectivity index (χ4n) is 1.77. The molecule has 0 aliphatic rings. The Kier molecular flexibility index (Phi) is 5.81. The number of hydrogen-bond donors (Lipinski definition) is 1. The Balaban J connectivity index is 4.72. The molecule has 1 radical (unpaired) electrons. The maximum absolute atomic E-state index is 12.0. The van der Waals surface area contributed by atoms with E-state index in [1.54, 1.807) is 6.92 Å². The summed E-state index contributed by atoms with van der Waals surface area (Å²) in [7, 11) is 0. The van der Waals surface area contributed by atoms with Crippen molar-refractivity contribution in [2.24, 2.45) is 17.1 Å². The van der Waals surface area contributed by atoms with Gasteiger partial charge in [0.25, 0.3) is 0 Å². The van der Waals surface area contributed by atoms with Crippen LogP contribution in [-0.4, -0.2) is 12.3 Å². The van der Waals surface area contributed by atoms with Crippen LogP contribution in [0.2, 0.25) is 0 Å². The Bertz CT molecular complexity index is 227. The zero-order valence-corrected chi connectivity index (χ0v) is 10.3. The maximum atomic E-state index is 12.0. The molecular formula is C13H24NO. The fraction of sp³-hybridized carbons (Fsp3) is 0.692. The van der Waals surface area contributed by atoms with E-state index in [1.165, 1.54) is 0 Å². The van der Waals surface area contributed by atoms with Crippen molar-refractivity contribution in [1.82, 2.24) is 0 Å². The number of Topliss-reactive ketones (excluding diaryl/α,β-unsaturated/α-hetero) is 1. The molecule has 0 spiro atoms. The Morgan fingerprint density at radius 2 is 2.07 bits per heavy atom. The first-order chi connectivity index (χ1) is 6.89. The molecule has 0 saturated carbocycles. The third-order valence-electron chi connectivity index (χ3n) is 3.05. The second kappa shape index (κ2) is 6.06. The largest absolute Gasteiger partial charge is 0.329 e. The topological polar surface area (TPSA) is 43.1 Å². The average molecular weight is 210 g/mol. The molecule has 2 nitrogen and oxygen atoms in total. The van der Waals surface area contributed by atoms with E-state index in [-0.39, 0.29) is 5.78 Å². The lowest BCUT2D eigenvalue weighted by atomic mass is 9.74. The molecule has 0 aromatic heterocycles. The Morgan fingerprint density at radius 3 is 2.33 bits per heavy atom. The van der Waals surface area contributed by atoms with E-state index in [4.69, 9.17) is 5.73 Å². The van der Waals surface area contributed by atoms with Gasteiger partial charge in [-0.3, -0.25) is 4.79 Å². The van der Waals surface area contributed by atoms with Crippen LogP contribution in [0.3, 0.4) is 0 Å². The number of carbonyl (C=O) groups is 1. The van der Waals surface area contributed by atoms with Gasteiger partial charge in [-0.2, -0.15) is 0 Å². The first-order valence-electron chi connectivity index (χ1n) is 5.63. The summed E-state index contributed by atoms with van der Waals surface area (Å²) >= 11 is 0. The van der Waals surface area contributed by atoms with E-state index >= 15 is 0 Å². The highest BCUT2D eigenvalue weighted by molar-refractivity contribution is 5.99. The molecule has 2 N–H and O–H groups in total. The SMILES string of the molecule is [CH2]C(C)CCC(CC)(CN)C(=O)C(=C)C. The third-order valence-corrected chi connectivity index (χ3v) is 3.05. The van der Waals surface area contributed by atoms with E-state index in [0.29, 0.717) is 18.0 Å². The van der Waals surface area contributed by atoms with Crippen LogP contribution in [0.4, 0.5) is 0 Å². The normalized spacial score (nSPS) is 15.1. The van der Waals surface area contributed by atoms with Gasteiger partial charge in [0.15, 0.2) is 5.78 Å². The molecule has 2 atom stereocenters. The van der Waals surface area contributed by atoms with E-state index in [1.807, 2.05) is 6.92 Å². The van der Waals surface area contributed by atoms with Crippen LogP contribution in [0.1, 0.15) is 40.0 Å². The van der Waals surface area contributed by atoms with Gasteiger partial charge in [-0.25, -0.2) is 0 Å². The second-order valence-corrected chi connectivity index (χ2v) is 4.59. The first kappa shape index (κ1) is 14.4. The van der Waals surface area contributed by atoms with Crippen molar-refractivity contribution in [3.8, 4) is 0 Å². The highest BCUT2D eigenvalue weighted by Gasteiger charge is 2.34. The lowest BCUT2D eigenvalue weighted by molar-refractivity contribution is -0.125. The highest BCUT2D eigenvalue weighted by atomic mass is 16.1. The van der Waals surface area contributed by atoms with E-state index in [9.17, 15) is 4.79 Å². The average Bonchev–Trinajstić information content (AvgIpc) is 2.19. The fourth-order valence-corrected chi connectivity index (χ4v) is 1.77. The molecule has 0 aromatic carbocycles. The van der Waals surface area contributed by atoms with E-state index in [2.05, 4.69) is 20.4 Å². The summed E-state index contributed by atoms with van der Waals surface area (Å²) in [6.07, 6.45) is 2.53. The standard InChI is InChI=1S/C13H24NO/c1-6-13(9-14,8-7-10(2)3)12(15)11(4)5/h10H,2,4,6-9,14H2,1,3,5H3. The lowest BCUT2D eigenvalue weighted by Gasteiger charge is -2.30. The molecule has 2 unspecified atom stereocenters. The molecule has 0 bridgehead atoms. The van der Waals surface area contributed by atoms with Gasteiger partial charge < -0.3 is 5.73 Å². The van der Waals surface area contributed by atoms with Gasteiger partial charge in [0.05, 0.1) is 0 Å². The van der Waals surface area contributed by atoms with Crippen molar-refractivity contribution in [3.63, 3.8) is 0 Å². The van der Waals surface area contributed by atoms with Gasteiger partial charge in [-0.05, 0) is 37.7 Å². The predicted octanol–water partition coefficient (Wildman–Crippen LogP) is 2.74. The van der Waals surface area contributed by atoms with Crippen LogP contribution in [0.5, 0.6) is 0 Å². The Morgan fingerprint density at radius 1 is 1.53 bits per heavy atom. The maximum Gasteiger partial charge on any atom is 0.165 e. The molecule has 87 valence electrons. The van der Waals surface area contributed by atoms with Crippen LogP contribution >= 0.6 is 0 Å². The van der Waals surface area contributed by atoms with Crippen molar-refractivity contribution in [2.75, 3.05) is 6.54 Å². The monoisotopic (exact) mass is 210 g/mol. The van der Waals surface area contributed by atoms with Crippen LogP contribution in [0.15, 0.2) is 12.2 Å². The number of allylic oxidation sites excluding steroid dienone is 1. The minimum atomic E-state index is -0.405. The van der Waals surface area contributed by atoms with Gasteiger partial charge in [-0.15, -0.1) is 0 Å². The summed E-state index contributed by atoms with van der Waals surface area (Å²) in [4.78, 5) is 12.0. The summed E-state index contributed by atoms with van der Waals surface area (Å²) < 4.78 is 0. The van der Waals surface area contributed by atoms with Gasteiger partial charge in [0, 0.05) is 12.0 Å². The molecule has 0 aliphatic carbocycles. The van der Waals surface area contributed by atoms with Gasteiger partial charge in [-0.1, -0.05) is 27.4 Å². The summed E-state index contributed by atoms with van der Waals surface area (Å²) in [5.74, 6) is 0.480. The third kappa shape index (κ3) is 3.78. The molecule has 0 amide bonds. The van der Waals surface area contributed by atoms with Crippen molar-refractivity contribution in [3.05, 3.63) is 19.1 Å². The van der Waals surface area contributed by atoms with Gasteiger partial charge in [0.2, 0.25) is 0 Å². The van der Waals surface area contributed by atoms with E-state index < -0.39 is 5.41 Å². The predicted molar refractivity (Wildman–Crippen MR) is 65.4 cm³/mol. The van der Waals surface area contributed by atoms with Crippen molar-refractivity contribution in [1.29, 1.82) is 0 Å². The second-order valence-electron chi connectivity index (χ2n) is 4.59. The number of hydrogen-bond acceptors (Lipinski definition) is 2. The van der Waals surface area contributed by atoms with Crippen molar-refractivity contribution in [2.45, 2.75) is 40.0 Å². The number of nitrogens with two attached hydrogens (primary N) is 1. The summed E-state index contributed by atoms with van der Waals surface area (Å²) in [5.41, 5.74) is 5.97. The number of ketones is 1. The van der Waals surface area contributed by atoms with E-state index in [0.717, 1.165) is 19.3 Å². The van der Waals surface area contributed by atoms with Crippen LogP contribution in [-0.2, 0) is 4.79 Å². The smallest absolute Gasteiger partial charge is 0.165 e. The number of carbonyl (C=O) groups excluding carboxylic acids is 1. The van der Waals surface area contributed by atoms with Gasteiger partial charge in [0.1, 0.15) is 0 Å². The lowest BCUT2D eigenvalue weighted by Crippen LogP contribution is -2.38. The van der Waals surface area contributed by atoms with Crippen molar-refractivity contribution < 1.29 is 4.79 Å². The zero-order chi connectivity index (χ0) is 12.1. The molecule has 15 heavy (non-hydrogen) atoms. The van der Waals surface area contributed by atoms with Crippen LogP contribution in [0.25, 0.3) is 0 Å². The zero-order valence-electron chi connectivity index (χ0n) is 10.3. The minimum Gasteiger partial charge on any atom is -0.329 e. The molecule has 0 saturated heterocycles. The summed E-state index contributed by atoms with van der Waals surface area (Å²) in [5, 5.41) is 0. The molecule has 0 fully saturated rings. The minimum absolute atomic E-state index is 0.119.